The standard InChI is InChI=1S/C14H20OS/c1-4-5-6-10-13(15)16-14-11(2)8-7-9-12(14)3/h7-9H,4-6,10H2,1-3H3. The Balaban J connectivity index is 2.56. The Kier molecular flexibility index (Phi) is 5.61. The highest BCUT2D eigenvalue weighted by atomic mass is 32.2. The van der Waals surface area contributed by atoms with Gasteiger partial charge in [-0.3, -0.25) is 4.79 Å². The van der Waals surface area contributed by atoms with E-state index in [-0.39, 0.29) is 0 Å². The summed E-state index contributed by atoms with van der Waals surface area (Å²) in [5.41, 5.74) is 2.41. The van der Waals surface area contributed by atoms with E-state index in [1.165, 1.54) is 29.3 Å². The largest absolute Gasteiger partial charge is 0.287 e. The lowest BCUT2D eigenvalue weighted by atomic mass is 10.2. The molecule has 0 atom stereocenters. The molecule has 1 aromatic rings. The van der Waals surface area contributed by atoms with Crippen molar-refractivity contribution in [2.24, 2.45) is 0 Å². The monoisotopic (exact) mass is 236 g/mol. The van der Waals surface area contributed by atoms with Crippen LogP contribution >= 0.6 is 11.8 Å². The summed E-state index contributed by atoms with van der Waals surface area (Å²) in [6, 6.07) is 6.17. The van der Waals surface area contributed by atoms with Gasteiger partial charge in [0.2, 0.25) is 0 Å². The molecule has 0 heterocycles. The number of hydrogen-bond acceptors (Lipinski definition) is 2. The van der Waals surface area contributed by atoms with Crippen LogP contribution < -0.4 is 0 Å². The maximum absolute atomic E-state index is 11.8. The zero-order chi connectivity index (χ0) is 12.0. The first-order chi connectivity index (χ1) is 7.65. The van der Waals surface area contributed by atoms with Gasteiger partial charge in [0.15, 0.2) is 5.12 Å². The zero-order valence-corrected chi connectivity index (χ0v) is 11.2. The average Bonchev–Trinajstić information content (AvgIpc) is 2.24. The minimum absolute atomic E-state index is 0.297. The predicted molar refractivity (Wildman–Crippen MR) is 70.9 cm³/mol. The maximum Gasteiger partial charge on any atom is 0.193 e. The van der Waals surface area contributed by atoms with E-state index in [1.807, 2.05) is 6.07 Å². The smallest absolute Gasteiger partial charge is 0.193 e. The van der Waals surface area contributed by atoms with Crippen LogP contribution in [0.25, 0.3) is 0 Å². The molecular formula is C14H20OS. The van der Waals surface area contributed by atoms with Crippen LogP contribution in [0.1, 0.15) is 43.7 Å². The van der Waals surface area contributed by atoms with E-state index in [1.54, 1.807) is 0 Å². The van der Waals surface area contributed by atoms with Crippen LogP contribution in [0.4, 0.5) is 0 Å². The summed E-state index contributed by atoms with van der Waals surface area (Å²) in [5, 5.41) is 0.297. The van der Waals surface area contributed by atoms with Crippen LogP contribution in [0, 0.1) is 13.8 Å². The van der Waals surface area contributed by atoms with Crippen molar-refractivity contribution in [1.82, 2.24) is 0 Å². The second-order valence-electron chi connectivity index (χ2n) is 4.15. The minimum atomic E-state index is 0.297. The lowest BCUT2D eigenvalue weighted by Crippen LogP contribution is -1.94. The number of unbranched alkanes of at least 4 members (excludes halogenated alkanes) is 2. The fourth-order valence-electron chi connectivity index (χ4n) is 1.64. The van der Waals surface area contributed by atoms with Crippen LogP contribution in [-0.4, -0.2) is 5.12 Å². The Labute approximate surface area is 103 Å². The summed E-state index contributed by atoms with van der Waals surface area (Å²) in [7, 11) is 0. The highest BCUT2D eigenvalue weighted by molar-refractivity contribution is 8.13. The molecule has 16 heavy (non-hydrogen) atoms. The molecule has 0 aliphatic heterocycles. The Morgan fingerprint density at radius 1 is 1.19 bits per heavy atom. The first-order valence-electron chi connectivity index (χ1n) is 5.92. The Bertz CT molecular complexity index is 338. The quantitative estimate of drug-likeness (QED) is 0.553. The highest BCUT2D eigenvalue weighted by Gasteiger charge is 2.08. The Morgan fingerprint density at radius 3 is 2.38 bits per heavy atom. The summed E-state index contributed by atoms with van der Waals surface area (Å²) in [4.78, 5) is 12.9. The van der Waals surface area contributed by atoms with E-state index in [0.29, 0.717) is 11.5 Å². The van der Waals surface area contributed by atoms with Gasteiger partial charge in [0.1, 0.15) is 0 Å². The molecule has 0 radical (unpaired) electrons. The molecular weight excluding hydrogens is 216 g/mol. The van der Waals surface area contributed by atoms with Gasteiger partial charge in [-0.05, 0) is 31.4 Å². The zero-order valence-electron chi connectivity index (χ0n) is 10.4. The predicted octanol–water partition coefficient (Wildman–Crippen LogP) is 4.50. The first kappa shape index (κ1) is 13.3. The lowest BCUT2D eigenvalue weighted by Gasteiger charge is -2.07. The molecule has 0 saturated heterocycles. The van der Waals surface area contributed by atoms with Crippen molar-refractivity contribution in [3.8, 4) is 0 Å². The van der Waals surface area contributed by atoms with Crippen molar-refractivity contribution in [3.63, 3.8) is 0 Å². The van der Waals surface area contributed by atoms with Crippen LogP contribution in [0.3, 0.4) is 0 Å². The van der Waals surface area contributed by atoms with Gasteiger partial charge >= 0.3 is 0 Å². The van der Waals surface area contributed by atoms with Gasteiger partial charge in [0.25, 0.3) is 0 Å². The highest BCUT2D eigenvalue weighted by Crippen LogP contribution is 2.28. The fourth-order valence-corrected chi connectivity index (χ4v) is 2.58. The fraction of sp³-hybridized carbons (Fsp3) is 0.500. The van der Waals surface area contributed by atoms with E-state index in [2.05, 4.69) is 32.9 Å². The minimum Gasteiger partial charge on any atom is -0.287 e. The molecule has 0 saturated carbocycles. The third kappa shape index (κ3) is 4.01. The van der Waals surface area contributed by atoms with Gasteiger partial charge < -0.3 is 0 Å². The molecule has 0 N–H and O–H groups in total. The second kappa shape index (κ2) is 6.74. The number of rotatable bonds is 5. The van der Waals surface area contributed by atoms with Crippen LogP contribution in [0.15, 0.2) is 23.1 Å². The molecule has 0 unspecified atom stereocenters. The second-order valence-corrected chi connectivity index (χ2v) is 5.22. The number of hydrogen-bond donors (Lipinski definition) is 0. The topological polar surface area (TPSA) is 17.1 Å². The number of carbonyl (C=O) groups is 1. The van der Waals surface area contributed by atoms with E-state index in [0.717, 1.165) is 17.7 Å². The third-order valence-electron chi connectivity index (χ3n) is 2.61. The van der Waals surface area contributed by atoms with Gasteiger partial charge in [0.05, 0.1) is 0 Å². The van der Waals surface area contributed by atoms with Gasteiger partial charge in [-0.2, -0.15) is 0 Å². The Hall–Kier alpha value is -0.760. The summed E-state index contributed by atoms with van der Waals surface area (Å²) in [6.45, 7) is 6.28. The van der Waals surface area contributed by atoms with E-state index < -0.39 is 0 Å². The molecule has 0 fully saturated rings. The molecule has 0 bridgehead atoms. The molecule has 2 heteroatoms. The van der Waals surface area contributed by atoms with E-state index >= 15 is 0 Å². The molecule has 88 valence electrons. The number of thioether (sulfide) groups is 1. The summed E-state index contributed by atoms with van der Waals surface area (Å²) in [5.74, 6) is 0. The molecule has 1 nitrogen and oxygen atoms in total. The molecule has 0 amide bonds. The summed E-state index contributed by atoms with van der Waals surface area (Å²) < 4.78 is 0. The summed E-state index contributed by atoms with van der Waals surface area (Å²) in [6.07, 6.45) is 4.04. The number of aryl methyl sites for hydroxylation is 2. The van der Waals surface area contributed by atoms with Crippen molar-refractivity contribution in [2.75, 3.05) is 0 Å². The van der Waals surface area contributed by atoms with Crippen molar-refractivity contribution in [2.45, 2.75) is 51.3 Å². The van der Waals surface area contributed by atoms with E-state index in [9.17, 15) is 4.79 Å². The maximum atomic E-state index is 11.8. The number of benzene rings is 1. The molecule has 0 aliphatic rings. The molecule has 1 rings (SSSR count). The van der Waals surface area contributed by atoms with Crippen molar-refractivity contribution >= 4 is 16.9 Å². The first-order valence-corrected chi connectivity index (χ1v) is 6.73. The van der Waals surface area contributed by atoms with Crippen molar-refractivity contribution in [1.29, 1.82) is 0 Å². The van der Waals surface area contributed by atoms with Crippen LogP contribution in [-0.2, 0) is 4.79 Å². The van der Waals surface area contributed by atoms with Gasteiger partial charge in [-0.25, -0.2) is 0 Å². The van der Waals surface area contributed by atoms with Gasteiger partial charge in [-0.1, -0.05) is 49.7 Å². The summed E-state index contributed by atoms with van der Waals surface area (Å²) >= 11 is 1.41. The van der Waals surface area contributed by atoms with Crippen molar-refractivity contribution < 1.29 is 4.79 Å². The van der Waals surface area contributed by atoms with E-state index in [4.69, 9.17) is 0 Å². The average molecular weight is 236 g/mol. The third-order valence-corrected chi connectivity index (χ3v) is 3.89. The molecule has 0 spiro atoms. The SMILES string of the molecule is CCCCCC(=O)Sc1c(C)cccc1C. The lowest BCUT2D eigenvalue weighted by molar-refractivity contribution is -0.111. The molecule has 0 aliphatic carbocycles. The molecule has 0 aromatic heterocycles. The molecule has 1 aromatic carbocycles. The van der Waals surface area contributed by atoms with Gasteiger partial charge in [0, 0.05) is 11.3 Å². The van der Waals surface area contributed by atoms with Crippen molar-refractivity contribution in [3.05, 3.63) is 29.3 Å². The van der Waals surface area contributed by atoms with Gasteiger partial charge in [-0.15, -0.1) is 0 Å². The van der Waals surface area contributed by atoms with Crippen LogP contribution in [0.2, 0.25) is 0 Å². The van der Waals surface area contributed by atoms with Crippen LogP contribution in [0.5, 0.6) is 0 Å². The Morgan fingerprint density at radius 2 is 1.81 bits per heavy atom. The normalized spacial score (nSPS) is 10.4. The number of carbonyl (C=O) groups excluding carboxylic acids is 1.